The highest BCUT2D eigenvalue weighted by Gasteiger charge is 2.12. The van der Waals surface area contributed by atoms with E-state index in [1.54, 1.807) is 12.1 Å². The van der Waals surface area contributed by atoms with E-state index in [-0.39, 0.29) is 17.6 Å². The molecule has 2 rings (SSSR count). The predicted molar refractivity (Wildman–Crippen MR) is 84.1 cm³/mol. The lowest BCUT2D eigenvalue weighted by atomic mass is 9.94. The highest BCUT2D eigenvalue weighted by molar-refractivity contribution is 5.37. The molecule has 0 aliphatic rings. The van der Waals surface area contributed by atoms with E-state index < -0.39 is 0 Å². The summed E-state index contributed by atoms with van der Waals surface area (Å²) in [5.41, 5.74) is 9.25. The molecular formula is C18H22FNO. The normalized spacial score (nSPS) is 13.8. The van der Waals surface area contributed by atoms with Crippen LogP contribution >= 0.6 is 0 Å². The molecule has 2 aromatic carbocycles. The van der Waals surface area contributed by atoms with Gasteiger partial charge in [-0.05, 0) is 41.2 Å². The van der Waals surface area contributed by atoms with Crippen molar-refractivity contribution in [2.45, 2.75) is 32.2 Å². The van der Waals surface area contributed by atoms with Gasteiger partial charge in [0.1, 0.15) is 0 Å². The number of rotatable bonds is 5. The second-order valence-corrected chi connectivity index (χ2v) is 5.35. The molecular weight excluding hydrogens is 265 g/mol. The van der Waals surface area contributed by atoms with Gasteiger partial charge in [0.15, 0.2) is 11.6 Å². The van der Waals surface area contributed by atoms with Gasteiger partial charge in [-0.2, -0.15) is 0 Å². The van der Waals surface area contributed by atoms with E-state index in [4.69, 9.17) is 10.5 Å². The molecule has 21 heavy (non-hydrogen) atoms. The minimum absolute atomic E-state index is 0.234. The first-order valence-electron chi connectivity index (χ1n) is 7.25. The Morgan fingerprint density at radius 3 is 2.14 bits per heavy atom. The summed E-state index contributed by atoms with van der Waals surface area (Å²) in [7, 11) is 1.45. The Kier molecular flexibility index (Phi) is 4.97. The predicted octanol–water partition coefficient (Wildman–Crippen LogP) is 4.40. The molecule has 0 aromatic heterocycles. The van der Waals surface area contributed by atoms with Gasteiger partial charge in [-0.1, -0.05) is 44.2 Å². The van der Waals surface area contributed by atoms with Gasteiger partial charge in [0.25, 0.3) is 0 Å². The molecule has 0 aliphatic carbocycles. The van der Waals surface area contributed by atoms with E-state index >= 15 is 0 Å². The second-order valence-electron chi connectivity index (χ2n) is 5.35. The number of methoxy groups -OCH3 is 1. The number of benzene rings is 2. The maximum absolute atomic E-state index is 13.8. The summed E-state index contributed by atoms with van der Waals surface area (Å²) in [5.74, 6) is 0.383. The number of halogens is 1. The van der Waals surface area contributed by atoms with Crippen molar-refractivity contribution in [2.24, 2.45) is 5.73 Å². The number of nitrogens with two attached hydrogens (primary N) is 1. The maximum atomic E-state index is 13.8. The van der Waals surface area contributed by atoms with Gasteiger partial charge in [-0.3, -0.25) is 0 Å². The van der Waals surface area contributed by atoms with Crippen molar-refractivity contribution in [3.05, 3.63) is 65.0 Å². The van der Waals surface area contributed by atoms with Crippen LogP contribution in [0, 0.1) is 5.82 Å². The zero-order chi connectivity index (χ0) is 15.4. The van der Waals surface area contributed by atoms with Crippen molar-refractivity contribution >= 4 is 0 Å². The minimum atomic E-state index is -0.387. The van der Waals surface area contributed by atoms with Crippen LogP contribution in [0.25, 0.3) is 0 Å². The molecule has 2 nitrogen and oxygen atoms in total. The van der Waals surface area contributed by atoms with Crippen LogP contribution in [0.15, 0.2) is 42.5 Å². The Morgan fingerprint density at radius 2 is 1.62 bits per heavy atom. The van der Waals surface area contributed by atoms with Crippen molar-refractivity contribution in [2.75, 3.05) is 7.11 Å². The SMILES string of the molecule is CCC(C)c1ccc(C(N)c2ccc(OC)c(F)c2)cc1. The largest absolute Gasteiger partial charge is 0.494 e. The average Bonchev–Trinajstić information content (AvgIpc) is 2.53. The Bertz CT molecular complexity index is 595. The van der Waals surface area contributed by atoms with Crippen LogP contribution in [-0.2, 0) is 0 Å². The van der Waals surface area contributed by atoms with Crippen LogP contribution in [0.4, 0.5) is 4.39 Å². The molecule has 0 saturated heterocycles. The quantitative estimate of drug-likeness (QED) is 0.884. The van der Waals surface area contributed by atoms with Gasteiger partial charge in [0.05, 0.1) is 13.2 Å². The zero-order valence-corrected chi connectivity index (χ0v) is 12.8. The number of ether oxygens (including phenoxy) is 1. The Labute approximate surface area is 125 Å². The van der Waals surface area contributed by atoms with Gasteiger partial charge in [0, 0.05) is 0 Å². The Morgan fingerprint density at radius 1 is 1.05 bits per heavy atom. The van der Waals surface area contributed by atoms with Gasteiger partial charge >= 0.3 is 0 Å². The molecule has 0 bridgehead atoms. The van der Waals surface area contributed by atoms with Gasteiger partial charge in [-0.25, -0.2) is 4.39 Å². The average molecular weight is 287 g/mol. The first-order valence-corrected chi connectivity index (χ1v) is 7.25. The number of hydrogen-bond acceptors (Lipinski definition) is 2. The third kappa shape index (κ3) is 3.42. The van der Waals surface area contributed by atoms with Gasteiger partial charge < -0.3 is 10.5 Å². The summed E-state index contributed by atoms with van der Waals surface area (Å²) in [5, 5.41) is 0. The van der Waals surface area contributed by atoms with E-state index in [1.165, 1.54) is 18.7 Å². The highest BCUT2D eigenvalue weighted by atomic mass is 19.1. The highest BCUT2D eigenvalue weighted by Crippen LogP contribution is 2.26. The fourth-order valence-corrected chi connectivity index (χ4v) is 2.34. The van der Waals surface area contributed by atoms with E-state index in [1.807, 2.05) is 12.1 Å². The lowest BCUT2D eigenvalue weighted by molar-refractivity contribution is 0.386. The third-order valence-electron chi connectivity index (χ3n) is 4.01. The van der Waals surface area contributed by atoms with Crippen LogP contribution in [0.2, 0.25) is 0 Å². The summed E-state index contributed by atoms with van der Waals surface area (Å²) >= 11 is 0. The van der Waals surface area contributed by atoms with Crippen LogP contribution in [0.3, 0.4) is 0 Å². The molecule has 3 heteroatoms. The molecule has 0 heterocycles. The van der Waals surface area contributed by atoms with Crippen molar-refractivity contribution in [1.29, 1.82) is 0 Å². The molecule has 0 amide bonds. The lowest BCUT2D eigenvalue weighted by Gasteiger charge is -2.15. The maximum Gasteiger partial charge on any atom is 0.165 e. The standard InChI is InChI=1S/C18H22FNO/c1-4-12(2)13-5-7-14(8-6-13)18(20)15-9-10-17(21-3)16(19)11-15/h5-12,18H,4,20H2,1-3H3. The lowest BCUT2D eigenvalue weighted by Crippen LogP contribution is -2.12. The molecule has 112 valence electrons. The summed E-state index contributed by atoms with van der Waals surface area (Å²) in [6, 6.07) is 12.8. The number of hydrogen-bond donors (Lipinski definition) is 1. The van der Waals surface area contributed by atoms with E-state index in [0.717, 1.165) is 17.5 Å². The Balaban J connectivity index is 2.23. The molecule has 2 atom stereocenters. The van der Waals surface area contributed by atoms with E-state index in [0.29, 0.717) is 5.92 Å². The van der Waals surface area contributed by atoms with Crippen molar-refractivity contribution < 1.29 is 9.13 Å². The first-order chi connectivity index (χ1) is 10.1. The summed E-state index contributed by atoms with van der Waals surface area (Å²) in [6.07, 6.45) is 1.11. The van der Waals surface area contributed by atoms with Crippen LogP contribution < -0.4 is 10.5 Å². The molecule has 0 aliphatic heterocycles. The van der Waals surface area contributed by atoms with Crippen LogP contribution in [0.5, 0.6) is 5.75 Å². The molecule has 2 unspecified atom stereocenters. The summed E-state index contributed by atoms with van der Waals surface area (Å²) in [4.78, 5) is 0. The van der Waals surface area contributed by atoms with Crippen LogP contribution in [-0.4, -0.2) is 7.11 Å². The molecule has 2 N–H and O–H groups in total. The van der Waals surface area contributed by atoms with Crippen molar-refractivity contribution in [1.82, 2.24) is 0 Å². The van der Waals surface area contributed by atoms with Crippen molar-refractivity contribution in [3.63, 3.8) is 0 Å². The summed E-state index contributed by atoms with van der Waals surface area (Å²) in [6.45, 7) is 4.37. The minimum Gasteiger partial charge on any atom is -0.494 e. The van der Waals surface area contributed by atoms with Gasteiger partial charge in [-0.15, -0.1) is 0 Å². The smallest absolute Gasteiger partial charge is 0.165 e. The molecule has 0 spiro atoms. The third-order valence-corrected chi connectivity index (χ3v) is 4.01. The zero-order valence-electron chi connectivity index (χ0n) is 12.8. The molecule has 0 radical (unpaired) electrons. The molecule has 0 saturated carbocycles. The molecule has 0 fully saturated rings. The first kappa shape index (κ1) is 15.5. The van der Waals surface area contributed by atoms with Crippen LogP contribution in [0.1, 0.15) is 48.9 Å². The second kappa shape index (κ2) is 6.72. The van der Waals surface area contributed by atoms with E-state index in [2.05, 4.69) is 26.0 Å². The van der Waals surface area contributed by atoms with Crippen molar-refractivity contribution in [3.8, 4) is 5.75 Å². The fraction of sp³-hybridized carbons (Fsp3) is 0.333. The topological polar surface area (TPSA) is 35.2 Å². The van der Waals surface area contributed by atoms with Gasteiger partial charge in [0.2, 0.25) is 0 Å². The monoisotopic (exact) mass is 287 g/mol. The summed E-state index contributed by atoms with van der Waals surface area (Å²) < 4.78 is 18.7. The Hall–Kier alpha value is -1.87. The fourth-order valence-electron chi connectivity index (χ4n) is 2.34. The molecule has 2 aromatic rings. The van der Waals surface area contributed by atoms with E-state index in [9.17, 15) is 4.39 Å².